The third-order valence-corrected chi connectivity index (χ3v) is 6.09. The average Bonchev–Trinajstić information content (AvgIpc) is 3.34. The maximum absolute atomic E-state index is 12.8. The van der Waals surface area contributed by atoms with Crippen molar-refractivity contribution in [3.63, 3.8) is 0 Å². The fourth-order valence-corrected chi connectivity index (χ4v) is 3.73. The molecule has 0 saturated heterocycles. The summed E-state index contributed by atoms with van der Waals surface area (Å²) in [6.45, 7) is 0.977. The third-order valence-electron chi connectivity index (χ3n) is 5.35. The molecular formula is C25H28Cl2N4O5. The van der Waals surface area contributed by atoms with E-state index >= 15 is 0 Å². The van der Waals surface area contributed by atoms with E-state index in [-0.39, 0.29) is 11.7 Å². The topological polar surface area (TPSA) is 130 Å². The normalized spacial score (nSPS) is 11.7. The van der Waals surface area contributed by atoms with Crippen molar-refractivity contribution in [3.05, 3.63) is 75.4 Å². The number of carbonyl (C=O) groups is 2. The van der Waals surface area contributed by atoms with E-state index in [2.05, 4.69) is 20.2 Å². The number of methoxy groups -OCH3 is 1. The van der Waals surface area contributed by atoms with Gasteiger partial charge in [0.25, 0.3) is 0 Å². The van der Waals surface area contributed by atoms with E-state index in [4.69, 9.17) is 38.2 Å². The number of rotatable bonds is 13. The van der Waals surface area contributed by atoms with Crippen LogP contribution in [0.4, 0.5) is 4.79 Å². The molecule has 3 N–H and O–H groups in total. The van der Waals surface area contributed by atoms with Gasteiger partial charge in [-0.1, -0.05) is 46.6 Å². The van der Waals surface area contributed by atoms with Gasteiger partial charge in [0.1, 0.15) is 5.75 Å². The van der Waals surface area contributed by atoms with Crippen LogP contribution >= 0.6 is 23.2 Å². The summed E-state index contributed by atoms with van der Waals surface area (Å²) >= 11 is 12.0. The van der Waals surface area contributed by atoms with E-state index in [1.807, 2.05) is 36.4 Å². The Kier molecular flexibility index (Phi) is 10.5. The van der Waals surface area contributed by atoms with Gasteiger partial charge in [-0.25, -0.2) is 4.79 Å². The minimum atomic E-state index is -0.824. The number of benzene rings is 2. The van der Waals surface area contributed by atoms with Gasteiger partial charge in [0.15, 0.2) is 0 Å². The van der Waals surface area contributed by atoms with E-state index < -0.39 is 17.9 Å². The minimum absolute atomic E-state index is 0.0959. The van der Waals surface area contributed by atoms with Crippen LogP contribution < -0.4 is 15.8 Å². The highest BCUT2D eigenvalue weighted by Crippen LogP contribution is 2.23. The summed E-state index contributed by atoms with van der Waals surface area (Å²) < 4.78 is 15.7. The smallest absolute Gasteiger partial charge is 0.407 e. The number of alkyl carbamates (subject to hydrolysis) is 1. The first kappa shape index (κ1) is 27.4. The molecule has 11 heteroatoms. The Bertz CT molecular complexity index is 1150. The van der Waals surface area contributed by atoms with Crippen LogP contribution in [0.3, 0.4) is 0 Å². The Balaban J connectivity index is 1.53. The van der Waals surface area contributed by atoms with Crippen molar-refractivity contribution >= 4 is 35.1 Å². The number of nitrogens with one attached hydrogen (secondary N) is 1. The summed E-state index contributed by atoms with van der Waals surface area (Å²) in [7, 11) is 1.23. The number of carbonyl (C=O) groups excluding carboxylic acids is 2. The van der Waals surface area contributed by atoms with Gasteiger partial charge in [-0.05, 0) is 61.2 Å². The fourth-order valence-electron chi connectivity index (χ4n) is 3.41. The highest BCUT2D eigenvalue weighted by atomic mass is 35.5. The number of halogens is 2. The molecule has 0 aliphatic rings. The monoisotopic (exact) mass is 534 g/mol. The number of aromatic nitrogens is 2. The number of amides is 1. The van der Waals surface area contributed by atoms with Gasteiger partial charge < -0.3 is 25.0 Å². The molecule has 1 heterocycles. The van der Waals surface area contributed by atoms with Gasteiger partial charge in [-0.3, -0.25) is 4.79 Å². The van der Waals surface area contributed by atoms with Crippen LogP contribution in [-0.2, 0) is 17.6 Å². The van der Waals surface area contributed by atoms with Crippen molar-refractivity contribution < 1.29 is 23.6 Å². The summed E-state index contributed by atoms with van der Waals surface area (Å²) in [5, 5.41) is 7.36. The Morgan fingerprint density at radius 1 is 1.08 bits per heavy atom. The van der Waals surface area contributed by atoms with Crippen LogP contribution in [0.1, 0.15) is 46.9 Å². The van der Waals surface area contributed by atoms with Crippen LogP contribution in [-0.4, -0.2) is 48.3 Å². The van der Waals surface area contributed by atoms with Gasteiger partial charge in [-0.15, -0.1) is 0 Å². The van der Waals surface area contributed by atoms with Gasteiger partial charge in [0.2, 0.25) is 17.5 Å². The third kappa shape index (κ3) is 8.22. The lowest BCUT2D eigenvalue weighted by molar-refractivity contribution is 0.0911. The molecule has 0 unspecified atom stereocenters. The SMILES string of the molecule is COC(=O)N[C@@H](CCCCN)C(=O)c1noc(Cc2ccc(OCCc3ccc(Cl)c(Cl)c3)cc2)n1. The molecule has 0 spiro atoms. The van der Waals surface area contributed by atoms with Crippen molar-refractivity contribution in [2.75, 3.05) is 20.3 Å². The molecule has 0 aliphatic carbocycles. The number of ether oxygens (including phenoxy) is 2. The minimum Gasteiger partial charge on any atom is -0.493 e. The molecule has 0 fully saturated rings. The zero-order valence-electron chi connectivity index (χ0n) is 19.8. The molecule has 9 nitrogen and oxygen atoms in total. The van der Waals surface area contributed by atoms with Crippen molar-refractivity contribution in [3.8, 4) is 5.75 Å². The Morgan fingerprint density at radius 3 is 2.53 bits per heavy atom. The van der Waals surface area contributed by atoms with E-state index in [0.29, 0.717) is 48.9 Å². The van der Waals surface area contributed by atoms with Crippen LogP contribution in [0, 0.1) is 0 Å². The maximum Gasteiger partial charge on any atom is 0.407 e. The van der Waals surface area contributed by atoms with Gasteiger partial charge in [0, 0.05) is 6.42 Å². The lowest BCUT2D eigenvalue weighted by atomic mass is 10.0. The van der Waals surface area contributed by atoms with Gasteiger partial charge >= 0.3 is 6.09 Å². The van der Waals surface area contributed by atoms with Crippen LogP contribution in [0.5, 0.6) is 5.75 Å². The summed E-state index contributed by atoms with van der Waals surface area (Å²) in [6, 6.07) is 12.1. The van der Waals surface area contributed by atoms with E-state index in [0.717, 1.165) is 23.3 Å². The highest BCUT2D eigenvalue weighted by Gasteiger charge is 2.26. The summed E-state index contributed by atoms with van der Waals surface area (Å²) in [6.07, 6.45) is 2.09. The molecule has 0 bridgehead atoms. The number of nitrogens with zero attached hydrogens (tertiary/aromatic N) is 2. The van der Waals surface area contributed by atoms with Crippen molar-refractivity contribution in [1.29, 1.82) is 0 Å². The van der Waals surface area contributed by atoms with Crippen LogP contribution in [0.2, 0.25) is 10.0 Å². The Morgan fingerprint density at radius 2 is 1.83 bits per heavy atom. The van der Waals surface area contributed by atoms with Crippen LogP contribution in [0.25, 0.3) is 0 Å². The van der Waals surface area contributed by atoms with Crippen molar-refractivity contribution in [1.82, 2.24) is 15.5 Å². The average molecular weight is 535 g/mol. The molecule has 36 heavy (non-hydrogen) atoms. The zero-order valence-corrected chi connectivity index (χ0v) is 21.3. The van der Waals surface area contributed by atoms with Gasteiger partial charge in [0.05, 0.1) is 36.2 Å². The standard InChI is InChI=1S/C25H28Cl2N4O5/c1-34-25(33)29-21(4-2-3-12-28)23(32)24-30-22(36-31-24)15-16-5-8-18(9-6-16)35-13-11-17-7-10-19(26)20(27)14-17/h5-10,14,21H,2-4,11-13,15,28H2,1H3,(H,29,33)/t21-/m0/s1. The highest BCUT2D eigenvalue weighted by molar-refractivity contribution is 6.42. The quantitative estimate of drug-likeness (QED) is 0.240. The molecule has 192 valence electrons. The Hall–Kier alpha value is -3.14. The molecule has 1 atom stereocenters. The first-order valence-corrected chi connectivity index (χ1v) is 12.2. The van der Waals surface area contributed by atoms with Crippen LogP contribution in [0.15, 0.2) is 47.0 Å². The molecular weight excluding hydrogens is 507 g/mol. The molecule has 3 aromatic rings. The largest absolute Gasteiger partial charge is 0.493 e. The molecule has 2 aromatic carbocycles. The molecule has 1 amide bonds. The van der Waals surface area contributed by atoms with Gasteiger partial charge in [-0.2, -0.15) is 4.98 Å². The predicted octanol–water partition coefficient (Wildman–Crippen LogP) is 4.63. The maximum atomic E-state index is 12.8. The number of nitrogens with two attached hydrogens (primary N) is 1. The molecule has 3 rings (SSSR count). The molecule has 1 aromatic heterocycles. The van der Waals surface area contributed by atoms with E-state index in [9.17, 15) is 9.59 Å². The fraction of sp³-hybridized carbons (Fsp3) is 0.360. The van der Waals surface area contributed by atoms with E-state index in [1.165, 1.54) is 7.11 Å². The zero-order chi connectivity index (χ0) is 25.9. The second kappa shape index (κ2) is 13.8. The van der Waals surface area contributed by atoms with Crippen molar-refractivity contribution in [2.24, 2.45) is 5.73 Å². The summed E-state index contributed by atoms with van der Waals surface area (Å²) in [5.41, 5.74) is 7.46. The summed E-state index contributed by atoms with van der Waals surface area (Å²) in [5.74, 6) is 0.458. The second-order valence-electron chi connectivity index (χ2n) is 8.02. The number of Topliss-reactive ketones (excluding diaryl/α,β-unsaturated/α-hetero) is 1. The second-order valence-corrected chi connectivity index (χ2v) is 8.83. The first-order chi connectivity index (χ1) is 17.4. The lowest BCUT2D eigenvalue weighted by Crippen LogP contribution is -2.41. The molecule has 0 radical (unpaired) electrons. The Labute approximate surface area is 219 Å². The predicted molar refractivity (Wildman–Crippen MR) is 136 cm³/mol. The molecule has 0 aliphatic heterocycles. The van der Waals surface area contributed by atoms with Crippen molar-refractivity contribution in [2.45, 2.75) is 38.1 Å². The summed E-state index contributed by atoms with van der Waals surface area (Å²) in [4.78, 5) is 28.7. The molecule has 0 saturated carbocycles. The number of hydrogen-bond donors (Lipinski definition) is 2. The number of unbranched alkanes of at least 4 members (excludes halogenated alkanes) is 1. The first-order valence-electron chi connectivity index (χ1n) is 11.5. The number of ketones is 1. The lowest BCUT2D eigenvalue weighted by Gasteiger charge is -2.14. The van der Waals surface area contributed by atoms with E-state index in [1.54, 1.807) is 6.07 Å². The number of hydrogen-bond acceptors (Lipinski definition) is 8.